The lowest BCUT2D eigenvalue weighted by molar-refractivity contribution is -0.137. The highest BCUT2D eigenvalue weighted by Gasteiger charge is 2.30. The molecule has 0 unspecified atom stereocenters. The van der Waals surface area contributed by atoms with E-state index in [1.165, 1.54) is 6.07 Å². The minimum atomic E-state index is -4.38. The third kappa shape index (κ3) is 6.37. The molecule has 0 saturated heterocycles. The number of carbonyl (C=O) groups excluding carboxylic acids is 1. The number of rotatable bonds is 9. The largest absolute Gasteiger partial charge is 0.416 e. The van der Waals surface area contributed by atoms with Crippen LogP contribution in [0.15, 0.2) is 36.7 Å². The van der Waals surface area contributed by atoms with Gasteiger partial charge in [0.25, 0.3) is 0 Å². The van der Waals surface area contributed by atoms with Gasteiger partial charge in [-0.25, -0.2) is 4.98 Å². The summed E-state index contributed by atoms with van der Waals surface area (Å²) in [5, 5.41) is 0. The number of methoxy groups -OCH3 is 1. The smallest absolute Gasteiger partial charge is 0.383 e. The summed E-state index contributed by atoms with van der Waals surface area (Å²) in [6.45, 7) is 5.30. The number of hydrogen-bond donors (Lipinski definition) is 0. The zero-order valence-electron chi connectivity index (χ0n) is 16.4. The predicted octanol–water partition coefficient (Wildman–Crippen LogP) is 3.97. The van der Waals surface area contributed by atoms with E-state index in [0.717, 1.165) is 12.1 Å². The van der Waals surface area contributed by atoms with Gasteiger partial charge in [-0.3, -0.25) is 4.79 Å². The summed E-state index contributed by atoms with van der Waals surface area (Å²) in [5.41, 5.74) is -0.161. The van der Waals surface area contributed by atoms with Gasteiger partial charge in [0.1, 0.15) is 5.82 Å². The summed E-state index contributed by atoms with van der Waals surface area (Å²) in [6.07, 6.45) is -0.673. The molecule has 5 nitrogen and oxygen atoms in total. The zero-order chi connectivity index (χ0) is 20.7. The van der Waals surface area contributed by atoms with Crippen molar-refractivity contribution in [1.82, 2.24) is 14.5 Å². The van der Waals surface area contributed by atoms with Gasteiger partial charge in [0.05, 0.1) is 18.7 Å². The van der Waals surface area contributed by atoms with Gasteiger partial charge in [-0.05, 0) is 23.6 Å². The number of ether oxygens (including phenoxy) is 1. The van der Waals surface area contributed by atoms with Crippen LogP contribution in [0.5, 0.6) is 0 Å². The minimum Gasteiger partial charge on any atom is -0.383 e. The van der Waals surface area contributed by atoms with Gasteiger partial charge < -0.3 is 14.2 Å². The lowest BCUT2D eigenvalue weighted by Crippen LogP contribution is -2.35. The number of amides is 1. The maximum absolute atomic E-state index is 12.9. The highest BCUT2D eigenvalue weighted by atomic mass is 19.4. The van der Waals surface area contributed by atoms with Crippen molar-refractivity contribution in [3.05, 3.63) is 53.6 Å². The van der Waals surface area contributed by atoms with E-state index >= 15 is 0 Å². The molecule has 0 saturated carbocycles. The van der Waals surface area contributed by atoms with Crippen molar-refractivity contribution >= 4 is 5.91 Å². The standard InChI is InChI=1S/C20H26F3N3O2/c1-15(2)11-19(27)26(9-10-28-3)14-18-24-7-8-25(18)13-16-5-4-6-17(12-16)20(21,22)23/h4-8,12,15H,9-11,13-14H2,1-3H3. The van der Waals surface area contributed by atoms with E-state index in [0.29, 0.717) is 31.0 Å². The van der Waals surface area contributed by atoms with Crippen molar-refractivity contribution < 1.29 is 22.7 Å². The maximum Gasteiger partial charge on any atom is 0.416 e. The first-order valence-corrected chi connectivity index (χ1v) is 9.13. The fourth-order valence-corrected chi connectivity index (χ4v) is 2.82. The summed E-state index contributed by atoms with van der Waals surface area (Å²) in [5.74, 6) is 0.841. The SMILES string of the molecule is COCCN(Cc1nccn1Cc1cccc(C(F)(F)F)c1)C(=O)CC(C)C. The summed E-state index contributed by atoms with van der Waals surface area (Å²) in [6, 6.07) is 5.23. The summed E-state index contributed by atoms with van der Waals surface area (Å²) < 4.78 is 45.7. The highest BCUT2D eigenvalue weighted by Crippen LogP contribution is 2.29. The number of hydrogen-bond acceptors (Lipinski definition) is 3. The summed E-state index contributed by atoms with van der Waals surface area (Å²) in [4.78, 5) is 18.5. The minimum absolute atomic E-state index is 0.000619. The van der Waals surface area contributed by atoms with Crippen LogP contribution in [-0.4, -0.2) is 40.6 Å². The van der Waals surface area contributed by atoms with Crippen LogP contribution < -0.4 is 0 Å². The maximum atomic E-state index is 12.9. The number of halogens is 3. The Bertz CT molecular complexity index is 772. The van der Waals surface area contributed by atoms with E-state index in [1.54, 1.807) is 35.0 Å². The first-order valence-electron chi connectivity index (χ1n) is 9.13. The highest BCUT2D eigenvalue weighted by molar-refractivity contribution is 5.76. The topological polar surface area (TPSA) is 47.4 Å². The first-order chi connectivity index (χ1) is 13.2. The molecule has 1 aromatic heterocycles. The van der Waals surface area contributed by atoms with Gasteiger partial charge in [0.15, 0.2) is 0 Å². The Hall–Kier alpha value is -2.35. The van der Waals surface area contributed by atoms with Crippen LogP contribution in [0.4, 0.5) is 13.2 Å². The van der Waals surface area contributed by atoms with Crippen LogP contribution in [-0.2, 0) is 28.8 Å². The molecule has 8 heteroatoms. The van der Waals surface area contributed by atoms with E-state index in [9.17, 15) is 18.0 Å². The molecule has 0 spiro atoms. The van der Waals surface area contributed by atoms with Crippen molar-refractivity contribution in [2.24, 2.45) is 5.92 Å². The molecule has 1 aromatic carbocycles. The molecule has 2 aromatic rings. The zero-order valence-corrected chi connectivity index (χ0v) is 16.4. The number of carbonyl (C=O) groups is 1. The Labute approximate surface area is 163 Å². The van der Waals surface area contributed by atoms with E-state index in [2.05, 4.69) is 4.98 Å². The van der Waals surface area contributed by atoms with Gasteiger partial charge >= 0.3 is 6.18 Å². The molecule has 1 amide bonds. The predicted molar refractivity (Wildman–Crippen MR) is 99.5 cm³/mol. The van der Waals surface area contributed by atoms with Crippen LogP contribution in [0.2, 0.25) is 0 Å². The Kier molecular flexibility index (Phi) is 7.62. The molecule has 1 heterocycles. The molecule has 0 N–H and O–H groups in total. The van der Waals surface area contributed by atoms with E-state index < -0.39 is 11.7 Å². The van der Waals surface area contributed by atoms with Crippen LogP contribution in [0.1, 0.15) is 37.2 Å². The lowest BCUT2D eigenvalue weighted by Gasteiger charge is -2.23. The lowest BCUT2D eigenvalue weighted by atomic mass is 10.1. The summed E-state index contributed by atoms with van der Waals surface area (Å²) >= 11 is 0. The quantitative estimate of drug-likeness (QED) is 0.643. The Morgan fingerprint density at radius 2 is 2.07 bits per heavy atom. The van der Waals surface area contributed by atoms with Crippen LogP contribution >= 0.6 is 0 Å². The van der Waals surface area contributed by atoms with Crippen molar-refractivity contribution in [2.75, 3.05) is 20.3 Å². The number of imidazole rings is 1. The van der Waals surface area contributed by atoms with Crippen molar-refractivity contribution in [1.29, 1.82) is 0 Å². The molecular formula is C20H26F3N3O2. The molecule has 0 aliphatic carbocycles. The van der Waals surface area contributed by atoms with Gasteiger partial charge in [-0.1, -0.05) is 26.0 Å². The first kappa shape index (κ1) is 21.9. The molecule has 0 radical (unpaired) electrons. The average molecular weight is 397 g/mol. The Balaban J connectivity index is 2.16. The Morgan fingerprint density at radius 3 is 2.71 bits per heavy atom. The van der Waals surface area contributed by atoms with Crippen LogP contribution in [0.3, 0.4) is 0 Å². The second-order valence-corrected chi connectivity index (χ2v) is 7.08. The molecule has 0 fully saturated rings. The Morgan fingerprint density at radius 1 is 1.32 bits per heavy atom. The molecule has 0 aliphatic heterocycles. The number of nitrogens with zero attached hydrogens (tertiary/aromatic N) is 3. The molecule has 2 rings (SSSR count). The molecule has 28 heavy (non-hydrogen) atoms. The van der Waals surface area contributed by atoms with E-state index in [4.69, 9.17) is 4.74 Å². The summed E-state index contributed by atoms with van der Waals surface area (Å²) in [7, 11) is 1.57. The second-order valence-electron chi connectivity index (χ2n) is 7.08. The fourth-order valence-electron chi connectivity index (χ4n) is 2.82. The van der Waals surface area contributed by atoms with Crippen molar-refractivity contribution in [3.63, 3.8) is 0 Å². The van der Waals surface area contributed by atoms with Gasteiger partial charge in [-0.15, -0.1) is 0 Å². The van der Waals surface area contributed by atoms with Gasteiger partial charge in [0.2, 0.25) is 5.91 Å². The number of alkyl halides is 3. The van der Waals surface area contributed by atoms with Crippen LogP contribution in [0.25, 0.3) is 0 Å². The van der Waals surface area contributed by atoms with Gasteiger partial charge in [-0.2, -0.15) is 13.2 Å². The fraction of sp³-hybridized carbons (Fsp3) is 0.500. The second kappa shape index (κ2) is 9.73. The van der Waals surface area contributed by atoms with Crippen molar-refractivity contribution in [2.45, 2.75) is 39.5 Å². The normalized spacial score (nSPS) is 11.8. The number of aromatic nitrogens is 2. The third-order valence-electron chi connectivity index (χ3n) is 4.24. The average Bonchev–Trinajstić information content (AvgIpc) is 3.04. The van der Waals surface area contributed by atoms with Gasteiger partial charge in [0, 0.05) is 39.0 Å². The molecule has 154 valence electrons. The number of benzene rings is 1. The third-order valence-corrected chi connectivity index (χ3v) is 4.24. The van der Waals surface area contributed by atoms with E-state index in [1.807, 2.05) is 13.8 Å². The monoisotopic (exact) mass is 397 g/mol. The van der Waals surface area contributed by atoms with Crippen LogP contribution in [0, 0.1) is 5.92 Å². The molecule has 0 aliphatic rings. The molecule has 0 bridgehead atoms. The van der Waals surface area contributed by atoms with Crippen molar-refractivity contribution in [3.8, 4) is 0 Å². The molecular weight excluding hydrogens is 371 g/mol. The van der Waals surface area contributed by atoms with E-state index in [-0.39, 0.29) is 24.9 Å². The molecule has 0 atom stereocenters.